The highest BCUT2D eigenvalue weighted by atomic mass is 32.1. The van der Waals surface area contributed by atoms with Gasteiger partial charge >= 0.3 is 0 Å². The van der Waals surface area contributed by atoms with E-state index >= 15 is 0 Å². The maximum absolute atomic E-state index is 5.81. The van der Waals surface area contributed by atoms with Gasteiger partial charge in [0.15, 0.2) is 0 Å². The molecule has 0 saturated heterocycles. The van der Waals surface area contributed by atoms with Gasteiger partial charge in [-0.3, -0.25) is 0 Å². The van der Waals surface area contributed by atoms with Gasteiger partial charge in [-0.2, -0.15) is 0 Å². The van der Waals surface area contributed by atoms with Crippen molar-refractivity contribution < 1.29 is 4.74 Å². The molecule has 1 aliphatic carbocycles. The second kappa shape index (κ2) is 4.85. The van der Waals surface area contributed by atoms with Gasteiger partial charge in [0.1, 0.15) is 0 Å². The van der Waals surface area contributed by atoms with Crippen molar-refractivity contribution >= 4 is 12.6 Å². The number of hydrogen-bond acceptors (Lipinski definition) is 2. The number of rotatable bonds is 3. The van der Waals surface area contributed by atoms with E-state index in [0.717, 1.165) is 11.5 Å². The summed E-state index contributed by atoms with van der Waals surface area (Å²) in [6.45, 7) is 0.735. The fraction of sp³-hybridized carbons (Fsp3) is 0.500. The quantitative estimate of drug-likeness (QED) is 0.749. The Morgan fingerprint density at radius 1 is 1.29 bits per heavy atom. The molecule has 1 nitrogen and oxygen atoms in total. The van der Waals surface area contributed by atoms with Crippen LogP contribution in [0.5, 0.6) is 0 Å². The summed E-state index contributed by atoms with van der Waals surface area (Å²) >= 11 is 4.30. The van der Waals surface area contributed by atoms with Crippen LogP contribution in [0.25, 0.3) is 0 Å². The minimum absolute atomic E-state index is 0.499. The normalized spacial score (nSPS) is 17.5. The Labute approximate surface area is 90.9 Å². The molecule has 0 aliphatic heterocycles. The Balaban J connectivity index is 1.85. The van der Waals surface area contributed by atoms with E-state index in [2.05, 4.69) is 24.8 Å². The summed E-state index contributed by atoms with van der Waals surface area (Å²) in [7, 11) is 0. The topological polar surface area (TPSA) is 9.23 Å². The summed E-state index contributed by atoms with van der Waals surface area (Å²) in [6.07, 6.45) is 5.63. The summed E-state index contributed by atoms with van der Waals surface area (Å²) < 4.78 is 5.81. The Bertz CT molecular complexity index is 292. The van der Waals surface area contributed by atoms with Crippen molar-refractivity contribution in [2.24, 2.45) is 0 Å². The molecule has 2 heteroatoms. The van der Waals surface area contributed by atoms with Crippen LogP contribution >= 0.6 is 12.6 Å². The van der Waals surface area contributed by atoms with Gasteiger partial charge in [-0.1, -0.05) is 25.0 Å². The highest BCUT2D eigenvalue weighted by Gasteiger charge is 2.14. The molecule has 1 aliphatic rings. The third kappa shape index (κ3) is 2.76. The molecule has 2 rings (SSSR count). The zero-order chi connectivity index (χ0) is 9.80. The number of ether oxygens (including phenoxy) is 1. The highest BCUT2D eigenvalue weighted by molar-refractivity contribution is 7.80. The van der Waals surface area contributed by atoms with E-state index in [4.69, 9.17) is 4.74 Å². The fourth-order valence-electron chi connectivity index (χ4n) is 1.92. The van der Waals surface area contributed by atoms with Gasteiger partial charge in [-0.25, -0.2) is 0 Å². The molecule has 0 heterocycles. The predicted molar refractivity (Wildman–Crippen MR) is 60.7 cm³/mol. The smallest absolute Gasteiger partial charge is 0.0721 e. The minimum Gasteiger partial charge on any atom is -0.374 e. The molecule has 1 saturated carbocycles. The molecule has 1 fully saturated rings. The predicted octanol–water partition coefficient (Wildman–Crippen LogP) is 3.43. The lowest BCUT2D eigenvalue weighted by Gasteiger charge is -2.10. The number of benzene rings is 1. The molecule has 76 valence electrons. The van der Waals surface area contributed by atoms with E-state index in [1.807, 2.05) is 12.1 Å². The molecule has 0 aromatic heterocycles. The third-order valence-electron chi connectivity index (χ3n) is 2.70. The van der Waals surface area contributed by atoms with Crippen LogP contribution in [0.4, 0.5) is 0 Å². The molecule has 0 bridgehead atoms. The molecule has 0 unspecified atom stereocenters. The van der Waals surface area contributed by atoms with Crippen LogP contribution in [-0.2, 0) is 11.3 Å². The molecule has 0 spiro atoms. The van der Waals surface area contributed by atoms with Crippen molar-refractivity contribution in [3.8, 4) is 0 Å². The first-order valence-corrected chi connectivity index (χ1v) is 5.69. The number of thiol groups is 1. The molecular weight excluding hydrogens is 192 g/mol. The van der Waals surface area contributed by atoms with E-state index in [1.54, 1.807) is 0 Å². The van der Waals surface area contributed by atoms with Crippen molar-refractivity contribution in [2.75, 3.05) is 0 Å². The van der Waals surface area contributed by atoms with Gasteiger partial charge < -0.3 is 4.74 Å². The van der Waals surface area contributed by atoms with Crippen LogP contribution in [0.1, 0.15) is 31.2 Å². The van der Waals surface area contributed by atoms with Gasteiger partial charge in [-0.15, -0.1) is 12.6 Å². The largest absolute Gasteiger partial charge is 0.374 e. The van der Waals surface area contributed by atoms with Crippen molar-refractivity contribution in [3.05, 3.63) is 29.8 Å². The Morgan fingerprint density at radius 3 is 2.79 bits per heavy atom. The first-order chi connectivity index (χ1) is 6.84. The first kappa shape index (κ1) is 10.1. The molecule has 1 aromatic carbocycles. The second-order valence-electron chi connectivity index (χ2n) is 3.89. The van der Waals surface area contributed by atoms with Gasteiger partial charge in [-0.05, 0) is 30.5 Å². The van der Waals surface area contributed by atoms with Crippen molar-refractivity contribution in [3.63, 3.8) is 0 Å². The van der Waals surface area contributed by atoms with Crippen LogP contribution in [0.2, 0.25) is 0 Å². The monoisotopic (exact) mass is 208 g/mol. The molecule has 1 aromatic rings. The lowest BCUT2D eigenvalue weighted by Crippen LogP contribution is -2.06. The Hall–Kier alpha value is -0.470. The van der Waals surface area contributed by atoms with E-state index in [9.17, 15) is 0 Å². The van der Waals surface area contributed by atoms with E-state index < -0.39 is 0 Å². The van der Waals surface area contributed by atoms with Crippen LogP contribution in [0, 0.1) is 0 Å². The summed E-state index contributed by atoms with van der Waals surface area (Å²) in [6, 6.07) is 8.17. The maximum Gasteiger partial charge on any atom is 0.0721 e. The van der Waals surface area contributed by atoms with Crippen LogP contribution in [-0.4, -0.2) is 6.10 Å². The molecule has 14 heavy (non-hydrogen) atoms. The van der Waals surface area contributed by atoms with Crippen LogP contribution < -0.4 is 0 Å². The van der Waals surface area contributed by atoms with E-state index in [0.29, 0.717) is 6.10 Å². The lowest BCUT2D eigenvalue weighted by molar-refractivity contribution is 0.0456. The van der Waals surface area contributed by atoms with Gasteiger partial charge in [0.25, 0.3) is 0 Å². The SMILES string of the molecule is Sc1cccc(COC2CCCC2)c1. The first-order valence-electron chi connectivity index (χ1n) is 5.24. The fourth-order valence-corrected chi connectivity index (χ4v) is 2.17. The van der Waals surface area contributed by atoms with E-state index in [1.165, 1.54) is 31.2 Å². The zero-order valence-corrected chi connectivity index (χ0v) is 9.17. The van der Waals surface area contributed by atoms with Crippen molar-refractivity contribution in [1.82, 2.24) is 0 Å². The third-order valence-corrected chi connectivity index (χ3v) is 2.98. The lowest BCUT2D eigenvalue weighted by atomic mass is 10.2. The van der Waals surface area contributed by atoms with Gasteiger partial charge in [0, 0.05) is 4.90 Å². The van der Waals surface area contributed by atoms with Crippen LogP contribution in [0.3, 0.4) is 0 Å². The summed E-state index contributed by atoms with van der Waals surface area (Å²) in [5, 5.41) is 0. The molecule has 0 radical (unpaired) electrons. The Kier molecular flexibility index (Phi) is 3.49. The summed E-state index contributed by atoms with van der Waals surface area (Å²) in [5.41, 5.74) is 1.23. The van der Waals surface area contributed by atoms with Crippen molar-refractivity contribution in [1.29, 1.82) is 0 Å². The molecular formula is C12H16OS. The standard InChI is InChI=1S/C12H16OS/c14-12-7-3-4-10(8-12)9-13-11-5-1-2-6-11/h3-4,7-8,11,14H,1-2,5-6,9H2. The Morgan fingerprint density at radius 2 is 2.07 bits per heavy atom. The zero-order valence-electron chi connectivity index (χ0n) is 8.28. The second-order valence-corrected chi connectivity index (χ2v) is 4.40. The van der Waals surface area contributed by atoms with Crippen LogP contribution in [0.15, 0.2) is 29.2 Å². The summed E-state index contributed by atoms with van der Waals surface area (Å²) in [5.74, 6) is 0. The summed E-state index contributed by atoms with van der Waals surface area (Å²) in [4.78, 5) is 1.01. The van der Waals surface area contributed by atoms with Gasteiger partial charge in [0.2, 0.25) is 0 Å². The highest BCUT2D eigenvalue weighted by Crippen LogP contribution is 2.22. The molecule has 0 N–H and O–H groups in total. The molecule has 0 amide bonds. The minimum atomic E-state index is 0.499. The maximum atomic E-state index is 5.81. The number of hydrogen-bond donors (Lipinski definition) is 1. The average molecular weight is 208 g/mol. The van der Waals surface area contributed by atoms with E-state index in [-0.39, 0.29) is 0 Å². The average Bonchev–Trinajstić information content (AvgIpc) is 2.67. The van der Waals surface area contributed by atoms with Crippen molar-refractivity contribution in [2.45, 2.75) is 43.3 Å². The molecule has 0 atom stereocenters. The van der Waals surface area contributed by atoms with Gasteiger partial charge in [0.05, 0.1) is 12.7 Å².